The van der Waals surface area contributed by atoms with Crippen LogP contribution >= 0.6 is 23.4 Å². The summed E-state index contributed by atoms with van der Waals surface area (Å²) in [5.74, 6) is 0.666. The van der Waals surface area contributed by atoms with Crippen molar-refractivity contribution < 1.29 is 27.5 Å². The highest BCUT2D eigenvalue weighted by atomic mass is 35.5. The van der Waals surface area contributed by atoms with Crippen molar-refractivity contribution in [2.24, 2.45) is 0 Å². The third-order valence-electron chi connectivity index (χ3n) is 4.89. The Morgan fingerprint density at radius 2 is 2.00 bits per heavy atom. The molecule has 2 N–H and O–H groups in total. The van der Waals surface area contributed by atoms with Gasteiger partial charge < -0.3 is 20.1 Å². The molecule has 3 rings (SSSR count). The molecule has 0 fully saturated rings. The Balaban J connectivity index is 1.77. The quantitative estimate of drug-likeness (QED) is 0.593. The zero-order valence-electron chi connectivity index (χ0n) is 17.7. The molecule has 11 heteroatoms. The lowest BCUT2D eigenvalue weighted by atomic mass is 10.2. The number of fused-ring (bicyclic) bond motifs is 1. The highest BCUT2D eigenvalue weighted by Crippen LogP contribution is 2.37. The van der Waals surface area contributed by atoms with E-state index in [-0.39, 0.29) is 33.7 Å². The number of benzene rings is 2. The van der Waals surface area contributed by atoms with E-state index in [0.717, 1.165) is 4.90 Å². The van der Waals surface area contributed by atoms with E-state index in [1.807, 2.05) is 0 Å². The number of rotatable bonds is 7. The van der Waals surface area contributed by atoms with E-state index in [1.54, 1.807) is 12.1 Å². The van der Waals surface area contributed by atoms with Gasteiger partial charge in [0.1, 0.15) is 17.2 Å². The summed E-state index contributed by atoms with van der Waals surface area (Å²) in [6.45, 7) is 1.46. The van der Waals surface area contributed by atoms with Gasteiger partial charge >= 0.3 is 0 Å². The highest BCUT2D eigenvalue weighted by Gasteiger charge is 2.28. The third kappa shape index (κ3) is 5.31. The van der Waals surface area contributed by atoms with Gasteiger partial charge in [0.25, 0.3) is 0 Å². The Morgan fingerprint density at radius 3 is 2.69 bits per heavy atom. The molecule has 32 heavy (non-hydrogen) atoms. The van der Waals surface area contributed by atoms with Crippen molar-refractivity contribution in [3.05, 3.63) is 35.4 Å². The van der Waals surface area contributed by atoms with Crippen LogP contribution < -0.4 is 20.1 Å². The van der Waals surface area contributed by atoms with Crippen LogP contribution in [0.1, 0.15) is 19.8 Å². The molecule has 1 aliphatic rings. The average Bonchev–Trinajstić information content (AvgIpc) is 2.94. The van der Waals surface area contributed by atoms with Gasteiger partial charge in [-0.2, -0.15) is 0 Å². The summed E-state index contributed by atoms with van der Waals surface area (Å²) < 4.78 is 36.5. The molecular weight excluding hydrogens is 476 g/mol. The number of hydrogen-bond donors (Lipinski definition) is 2. The number of anilines is 2. The zero-order chi connectivity index (χ0) is 23.5. The monoisotopic (exact) mass is 498 g/mol. The summed E-state index contributed by atoms with van der Waals surface area (Å²) in [5, 5.41) is 4.54. The van der Waals surface area contributed by atoms with Crippen LogP contribution in [0.4, 0.5) is 11.4 Å². The first-order valence-electron chi connectivity index (χ1n) is 9.67. The maximum atomic E-state index is 13.1. The Labute approximate surface area is 195 Å². The summed E-state index contributed by atoms with van der Waals surface area (Å²) in [6, 6.07) is 7.69. The maximum Gasteiger partial charge on any atom is 0.225 e. The van der Waals surface area contributed by atoms with Gasteiger partial charge in [0, 0.05) is 35.6 Å². The van der Waals surface area contributed by atoms with Crippen molar-refractivity contribution in [3.8, 4) is 11.5 Å². The molecule has 0 saturated carbocycles. The van der Waals surface area contributed by atoms with Crippen LogP contribution in [0.25, 0.3) is 0 Å². The summed E-state index contributed by atoms with van der Waals surface area (Å²) in [7, 11) is -0.937. The van der Waals surface area contributed by atoms with E-state index in [1.165, 1.54) is 51.1 Å². The van der Waals surface area contributed by atoms with Crippen molar-refractivity contribution in [2.45, 2.75) is 34.8 Å². The maximum absolute atomic E-state index is 13.1. The molecular formula is C21H23ClN2O6S2. The molecule has 2 aromatic carbocycles. The molecule has 172 valence electrons. The van der Waals surface area contributed by atoms with E-state index in [2.05, 4.69) is 10.6 Å². The second-order valence-electron chi connectivity index (χ2n) is 7.10. The lowest BCUT2D eigenvalue weighted by molar-refractivity contribution is -0.116. The minimum Gasteiger partial charge on any atom is -0.497 e. The van der Waals surface area contributed by atoms with Crippen LogP contribution in [0.5, 0.6) is 11.5 Å². The van der Waals surface area contributed by atoms with Gasteiger partial charge in [0.05, 0.1) is 35.1 Å². The van der Waals surface area contributed by atoms with Crippen LogP contribution in [0.2, 0.25) is 5.02 Å². The molecule has 1 aliphatic heterocycles. The molecule has 0 aliphatic carbocycles. The molecule has 0 aromatic heterocycles. The fourth-order valence-corrected chi connectivity index (χ4v) is 5.69. The van der Waals surface area contributed by atoms with Gasteiger partial charge in [-0.25, -0.2) is 8.42 Å². The summed E-state index contributed by atoms with van der Waals surface area (Å²) in [4.78, 5) is 25.3. The molecule has 8 nitrogen and oxygen atoms in total. The number of carbonyl (C=O) groups excluding carboxylic acids is 2. The first-order chi connectivity index (χ1) is 15.1. The van der Waals surface area contributed by atoms with Gasteiger partial charge in [-0.15, -0.1) is 11.8 Å². The second-order valence-corrected chi connectivity index (χ2v) is 11.0. The van der Waals surface area contributed by atoms with Crippen molar-refractivity contribution in [1.29, 1.82) is 0 Å². The van der Waals surface area contributed by atoms with Gasteiger partial charge in [0.15, 0.2) is 9.84 Å². The first kappa shape index (κ1) is 24.2. The summed E-state index contributed by atoms with van der Waals surface area (Å²) >= 11 is 7.71. The number of thioether (sulfide) groups is 1. The van der Waals surface area contributed by atoms with Crippen LogP contribution in [0, 0.1) is 0 Å². The molecule has 0 unspecified atom stereocenters. The first-order valence-corrected chi connectivity index (χ1v) is 12.6. The minimum atomic E-state index is -3.83. The number of sulfone groups is 1. The number of ether oxygens (including phenoxy) is 2. The summed E-state index contributed by atoms with van der Waals surface area (Å²) in [5.41, 5.74) is 0.694. The Morgan fingerprint density at radius 1 is 1.25 bits per heavy atom. The average molecular weight is 499 g/mol. The molecule has 1 heterocycles. The number of nitrogens with one attached hydrogen (secondary N) is 2. The third-order valence-corrected chi connectivity index (χ3v) is 8.40. The molecule has 0 saturated heterocycles. The van der Waals surface area contributed by atoms with Gasteiger partial charge in [-0.1, -0.05) is 11.6 Å². The van der Waals surface area contributed by atoms with Crippen molar-refractivity contribution in [1.82, 2.24) is 0 Å². The SMILES string of the molecule is COc1cc(Cl)c(NC(=O)C[C@H](C)S(=O)(=O)c2ccc3c(c2)NC(=O)CCS3)c(OC)c1. The van der Waals surface area contributed by atoms with Gasteiger partial charge in [-0.05, 0) is 25.1 Å². The number of carbonyl (C=O) groups is 2. The second kappa shape index (κ2) is 10.0. The van der Waals surface area contributed by atoms with E-state index in [0.29, 0.717) is 23.6 Å². The predicted octanol–water partition coefficient (Wildman–Crippen LogP) is 3.98. The fourth-order valence-electron chi connectivity index (χ4n) is 3.13. The van der Waals surface area contributed by atoms with Crippen LogP contribution in [-0.4, -0.2) is 45.5 Å². The number of hydrogen-bond acceptors (Lipinski definition) is 7. The molecule has 0 bridgehead atoms. The Hall–Kier alpha value is -2.43. The van der Waals surface area contributed by atoms with Crippen molar-refractivity contribution in [3.63, 3.8) is 0 Å². The smallest absolute Gasteiger partial charge is 0.225 e. The van der Waals surface area contributed by atoms with Crippen LogP contribution in [0.3, 0.4) is 0 Å². The normalized spacial score (nSPS) is 14.6. The zero-order valence-corrected chi connectivity index (χ0v) is 20.1. The predicted molar refractivity (Wildman–Crippen MR) is 125 cm³/mol. The molecule has 0 spiro atoms. The molecule has 2 aromatic rings. The van der Waals surface area contributed by atoms with Crippen LogP contribution in [-0.2, 0) is 19.4 Å². The van der Waals surface area contributed by atoms with Crippen LogP contribution in [0.15, 0.2) is 40.1 Å². The van der Waals surface area contributed by atoms with E-state index in [9.17, 15) is 18.0 Å². The lowest BCUT2D eigenvalue weighted by Gasteiger charge is -2.17. The molecule has 1 atom stereocenters. The molecule has 2 amide bonds. The molecule has 0 radical (unpaired) electrons. The van der Waals surface area contributed by atoms with Crippen molar-refractivity contribution >= 4 is 56.4 Å². The number of halogens is 1. The topological polar surface area (TPSA) is 111 Å². The summed E-state index contributed by atoms with van der Waals surface area (Å²) in [6.07, 6.45) is 0.0570. The fraction of sp³-hybridized carbons (Fsp3) is 0.333. The van der Waals surface area contributed by atoms with Gasteiger partial charge in [0.2, 0.25) is 11.8 Å². The Kier molecular flexibility index (Phi) is 7.58. The van der Waals surface area contributed by atoms with Crippen molar-refractivity contribution in [2.75, 3.05) is 30.6 Å². The number of methoxy groups -OCH3 is 2. The Bertz CT molecular complexity index is 1150. The minimum absolute atomic E-state index is 0.0411. The van der Waals surface area contributed by atoms with Gasteiger partial charge in [-0.3, -0.25) is 9.59 Å². The number of amides is 2. The highest BCUT2D eigenvalue weighted by molar-refractivity contribution is 7.99. The van der Waals surface area contributed by atoms with E-state index >= 15 is 0 Å². The van der Waals surface area contributed by atoms with E-state index in [4.69, 9.17) is 21.1 Å². The standard InChI is InChI=1S/C21H23ClN2O6S2/c1-12(8-20(26)24-21-15(22)9-13(29-2)10-17(21)30-3)32(27,28)14-4-5-18-16(11-14)23-19(25)6-7-31-18/h4-5,9-12H,6-8H2,1-3H3,(H,23,25)(H,24,26)/t12-/m0/s1. The largest absolute Gasteiger partial charge is 0.497 e. The van der Waals surface area contributed by atoms with E-state index < -0.39 is 21.0 Å². The lowest BCUT2D eigenvalue weighted by Crippen LogP contribution is -2.25.